The third kappa shape index (κ3) is 2.78. The van der Waals surface area contributed by atoms with Gasteiger partial charge in [-0.3, -0.25) is 9.48 Å². The maximum atomic E-state index is 12.6. The van der Waals surface area contributed by atoms with Crippen molar-refractivity contribution in [1.82, 2.24) is 24.5 Å². The van der Waals surface area contributed by atoms with Crippen molar-refractivity contribution in [3.63, 3.8) is 0 Å². The van der Waals surface area contributed by atoms with Crippen LogP contribution in [0.1, 0.15) is 34.9 Å². The lowest BCUT2D eigenvalue weighted by molar-refractivity contribution is -0.00949. The van der Waals surface area contributed by atoms with Crippen LogP contribution in [0.5, 0.6) is 0 Å². The zero-order chi connectivity index (χ0) is 16.5. The maximum absolute atomic E-state index is 12.6. The zero-order valence-electron chi connectivity index (χ0n) is 13.4. The Bertz CT molecular complexity index is 869. The van der Waals surface area contributed by atoms with Crippen LogP contribution in [-0.4, -0.2) is 37.7 Å². The number of hydrogen-bond acceptors (Lipinski definition) is 4. The van der Waals surface area contributed by atoms with E-state index in [-0.39, 0.29) is 18.1 Å². The first-order valence-corrected chi connectivity index (χ1v) is 8.03. The first kappa shape index (κ1) is 14.9. The van der Waals surface area contributed by atoms with Crippen molar-refractivity contribution in [1.29, 1.82) is 0 Å². The third-order valence-electron chi connectivity index (χ3n) is 4.37. The van der Waals surface area contributed by atoms with E-state index in [1.165, 1.54) is 0 Å². The number of amides is 1. The standard InChI is InChI=1S/C17H19N5O2/c1-21-10-13(8-19-21)16-15(3-2-6-24-16)20-17(23)12-4-5-22-11-18-9-14(22)7-12/h4-5,7-11,15-16H,2-3,6H2,1H3,(H,20,23)/t15-,16+/m0/s1. The van der Waals surface area contributed by atoms with Crippen LogP contribution in [0.15, 0.2) is 43.2 Å². The summed E-state index contributed by atoms with van der Waals surface area (Å²) in [4.78, 5) is 16.7. The van der Waals surface area contributed by atoms with E-state index >= 15 is 0 Å². The van der Waals surface area contributed by atoms with Crippen molar-refractivity contribution in [2.24, 2.45) is 7.05 Å². The zero-order valence-corrected chi connectivity index (χ0v) is 13.4. The molecule has 1 aliphatic heterocycles. The molecule has 0 saturated carbocycles. The average Bonchev–Trinajstić information content (AvgIpc) is 3.23. The van der Waals surface area contributed by atoms with E-state index in [9.17, 15) is 4.79 Å². The van der Waals surface area contributed by atoms with Gasteiger partial charge in [0.1, 0.15) is 6.10 Å². The fourth-order valence-corrected chi connectivity index (χ4v) is 3.16. The summed E-state index contributed by atoms with van der Waals surface area (Å²) < 4.78 is 9.53. The minimum atomic E-state index is -0.157. The molecule has 0 aliphatic carbocycles. The van der Waals surface area contributed by atoms with E-state index in [2.05, 4.69) is 15.4 Å². The molecule has 4 rings (SSSR count). The van der Waals surface area contributed by atoms with Crippen molar-refractivity contribution >= 4 is 11.4 Å². The number of rotatable bonds is 3. The number of carbonyl (C=O) groups is 1. The fourth-order valence-electron chi connectivity index (χ4n) is 3.16. The Labute approximate surface area is 139 Å². The summed E-state index contributed by atoms with van der Waals surface area (Å²) in [6.45, 7) is 0.702. The van der Waals surface area contributed by atoms with E-state index in [0.29, 0.717) is 12.2 Å². The molecule has 1 N–H and O–H groups in total. The molecule has 3 aromatic heterocycles. The summed E-state index contributed by atoms with van der Waals surface area (Å²) in [5, 5.41) is 7.33. The Morgan fingerprint density at radius 3 is 3.17 bits per heavy atom. The molecule has 0 bridgehead atoms. The van der Waals surface area contributed by atoms with Gasteiger partial charge in [-0.25, -0.2) is 4.98 Å². The highest BCUT2D eigenvalue weighted by Crippen LogP contribution is 2.28. The van der Waals surface area contributed by atoms with Crippen LogP contribution < -0.4 is 5.32 Å². The van der Waals surface area contributed by atoms with Crippen LogP contribution in [0.3, 0.4) is 0 Å². The SMILES string of the molecule is Cn1cc([C@H]2OCCC[C@@H]2NC(=O)c2ccn3cncc3c2)cn1. The molecular weight excluding hydrogens is 306 g/mol. The summed E-state index contributed by atoms with van der Waals surface area (Å²) in [5.41, 5.74) is 2.51. The summed E-state index contributed by atoms with van der Waals surface area (Å²) in [7, 11) is 1.88. The lowest BCUT2D eigenvalue weighted by Crippen LogP contribution is -2.42. The van der Waals surface area contributed by atoms with Gasteiger partial charge in [-0.15, -0.1) is 0 Å². The molecule has 4 heterocycles. The maximum Gasteiger partial charge on any atom is 0.251 e. The molecule has 24 heavy (non-hydrogen) atoms. The van der Waals surface area contributed by atoms with Gasteiger partial charge >= 0.3 is 0 Å². The van der Waals surface area contributed by atoms with Crippen LogP contribution in [0, 0.1) is 0 Å². The predicted octanol–water partition coefficient (Wildman–Crippen LogP) is 1.72. The number of aromatic nitrogens is 4. The van der Waals surface area contributed by atoms with E-state index in [0.717, 1.165) is 23.9 Å². The molecule has 3 aromatic rings. The van der Waals surface area contributed by atoms with Crippen molar-refractivity contribution in [3.8, 4) is 0 Å². The first-order chi connectivity index (χ1) is 11.7. The van der Waals surface area contributed by atoms with Gasteiger partial charge in [0.25, 0.3) is 5.91 Å². The predicted molar refractivity (Wildman–Crippen MR) is 87.6 cm³/mol. The highest BCUT2D eigenvalue weighted by Gasteiger charge is 2.30. The largest absolute Gasteiger partial charge is 0.371 e. The van der Waals surface area contributed by atoms with Gasteiger partial charge in [-0.2, -0.15) is 5.10 Å². The van der Waals surface area contributed by atoms with Gasteiger partial charge in [-0.05, 0) is 25.0 Å². The number of ether oxygens (including phenoxy) is 1. The fraction of sp³-hybridized carbons (Fsp3) is 0.353. The third-order valence-corrected chi connectivity index (χ3v) is 4.37. The van der Waals surface area contributed by atoms with Gasteiger partial charge in [0.15, 0.2) is 0 Å². The highest BCUT2D eigenvalue weighted by atomic mass is 16.5. The highest BCUT2D eigenvalue weighted by molar-refractivity contribution is 5.95. The van der Waals surface area contributed by atoms with Crippen LogP contribution in [0.25, 0.3) is 5.52 Å². The first-order valence-electron chi connectivity index (χ1n) is 8.03. The Kier molecular flexibility index (Phi) is 3.78. The molecule has 2 atom stereocenters. The Balaban J connectivity index is 1.54. The molecule has 7 heteroatoms. The second-order valence-electron chi connectivity index (χ2n) is 6.10. The van der Waals surface area contributed by atoms with Crippen LogP contribution in [-0.2, 0) is 11.8 Å². The van der Waals surface area contributed by atoms with Crippen molar-refractivity contribution in [2.45, 2.75) is 25.0 Å². The molecule has 7 nitrogen and oxygen atoms in total. The number of imidazole rings is 1. The minimum Gasteiger partial charge on any atom is -0.371 e. The van der Waals surface area contributed by atoms with Gasteiger partial charge < -0.3 is 14.5 Å². The minimum absolute atomic E-state index is 0.0587. The number of hydrogen-bond donors (Lipinski definition) is 1. The molecule has 0 unspecified atom stereocenters. The molecular formula is C17H19N5O2. The summed E-state index contributed by atoms with van der Waals surface area (Å²) in [6.07, 6.45) is 10.7. The second kappa shape index (κ2) is 6.09. The molecule has 1 saturated heterocycles. The number of fused-ring (bicyclic) bond motifs is 1. The number of aryl methyl sites for hydroxylation is 1. The number of nitrogens with zero attached hydrogens (tertiary/aromatic N) is 4. The molecule has 0 spiro atoms. The monoisotopic (exact) mass is 325 g/mol. The van der Waals surface area contributed by atoms with E-state index < -0.39 is 0 Å². The summed E-state index contributed by atoms with van der Waals surface area (Å²) >= 11 is 0. The van der Waals surface area contributed by atoms with Crippen molar-refractivity contribution in [2.75, 3.05) is 6.61 Å². The Hall–Kier alpha value is -2.67. The van der Waals surface area contributed by atoms with Gasteiger partial charge in [0.05, 0.1) is 30.3 Å². The van der Waals surface area contributed by atoms with E-state index in [1.54, 1.807) is 29.5 Å². The summed E-state index contributed by atoms with van der Waals surface area (Å²) in [5.74, 6) is -0.0944. The van der Waals surface area contributed by atoms with Crippen LogP contribution in [0.4, 0.5) is 0 Å². The van der Waals surface area contributed by atoms with Crippen molar-refractivity contribution < 1.29 is 9.53 Å². The lowest BCUT2D eigenvalue weighted by atomic mass is 9.97. The molecule has 1 amide bonds. The molecule has 124 valence electrons. The van der Waals surface area contributed by atoms with E-state index in [4.69, 9.17) is 4.74 Å². The summed E-state index contributed by atoms with van der Waals surface area (Å²) in [6, 6.07) is 3.58. The lowest BCUT2D eigenvalue weighted by Gasteiger charge is -2.31. The quantitative estimate of drug-likeness (QED) is 0.796. The molecule has 1 aliphatic rings. The van der Waals surface area contributed by atoms with Gasteiger partial charge in [0, 0.05) is 37.2 Å². The van der Waals surface area contributed by atoms with Crippen molar-refractivity contribution in [3.05, 3.63) is 54.4 Å². The number of carbonyl (C=O) groups excluding carboxylic acids is 1. The Morgan fingerprint density at radius 2 is 2.33 bits per heavy atom. The molecule has 0 aromatic carbocycles. The topological polar surface area (TPSA) is 73.5 Å². The van der Waals surface area contributed by atoms with Crippen LogP contribution >= 0.6 is 0 Å². The Morgan fingerprint density at radius 1 is 1.42 bits per heavy atom. The van der Waals surface area contributed by atoms with E-state index in [1.807, 2.05) is 29.9 Å². The normalized spacial score (nSPS) is 21.0. The van der Waals surface area contributed by atoms with Gasteiger partial charge in [-0.1, -0.05) is 0 Å². The number of pyridine rings is 1. The molecule has 1 fully saturated rings. The smallest absolute Gasteiger partial charge is 0.251 e. The van der Waals surface area contributed by atoms with Gasteiger partial charge in [0.2, 0.25) is 0 Å². The number of nitrogens with one attached hydrogen (secondary N) is 1. The molecule has 0 radical (unpaired) electrons. The average molecular weight is 325 g/mol. The van der Waals surface area contributed by atoms with Crippen LogP contribution in [0.2, 0.25) is 0 Å². The second-order valence-corrected chi connectivity index (χ2v) is 6.10.